The lowest BCUT2D eigenvalue weighted by molar-refractivity contribution is -0.123. The third-order valence-corrected chi connectivity index (χ3v) is 3.76. The van der Waals surface area contributed by atoms with Crippen LogP contribution >= 0.6 is 0 Å². The minimum atomic E-state index is -0.510. The van der Waals surface area contributed by atoms with Gasteiger partial charge in [0.15, 0.2) is 5.78 Å². The predicted molar refractivity (Wildman–Crippen MR) is 85.1 cm³/mol. The number of hydrogen-bond donors (Lipinski definition) is 2. The van der Waals surface area contributed by atoms with Crippen LogP contribution in [0, 0.1) is 5.41 Å². The largest absolute Gasteiger partial charge is 0.507 e. The van der Waals surface area contributed by atoms with Crippen LogP contribution in [0.3, 0.4) is 0 Å². The molecule has 0 saturated carbocycles. The van der Waals surface area contributed by atoms with E-state index in [1.165, 1.54) is 6.07 Å². The molecule has 3 rings (SSSR count). The molecule has 4 heteroatoms. The first-order valence-electron chi connectivity index (χ1n) is 7.11. The van der Waals surface area contributed by atoms with Crippen LogP contribution < -0.4 is 5.32 Å². The molecule has 0 unspecified atom stereocenters. The molecule has 0 spiro atoms. The van der Waals surface area contributed by atoms with Gasteiger partial charge >= 0.3 is 0 Å². The standard InChI is InChI=1S/C18H17NO3/c1-18(2,3)17(22)19-10-7-8-11-12-5-4-6-14(20)15(12)16(21)13(11)9-10/h4-9,20H,1-3H3,(H,19,22). The number of benzene rings is 2. The molecule has 0 fully saturated rings. The number of hydrogen-bond acceptors (Lipinski definition) is 3. The quantitative estimate of drug-likeness (QED) is 0.721. The van der Waals surface area contributed by atoms with Crippen LogP contribution in [0.2, 0.25) is 0 Å². The molecule has 0 atom stereocenters. The summed E-state index contributed by atoms with van der Waals surface area (Å²) in [6.45, 7) is 5.48. The Kier molecular flexibility index (Phi) is 3.06. The lowest BCUT2D eigenvalue weighted by Gasteiger charge is -2.18. The number of phenolic OH excluding ortho intramolecular Hbond substituents is 1. The molecule has 0 saturated heterocycles. The Morgan fingerprint density at radius 1 is 1.05 bits per heavy atom. The van der Waals surface area contributed by atoms with Gasteiger partial charge in [-0.1, -0.05) is 39.0 Å². The van der Waals surface area contributed by atoms with E-state index in [4.69, 9.17) is 0 Å². The van der Waals surface area contributed by atoms with Crippen LogP contribution in [0.4, 0.5) is 5.69 Å². The number of anilines is 1. The molecule has 1 aliphatic rings. The molecular weight excluding hydrogens is 278 g/mol. The predicted octanol–water partition coefficient (Wildman–Crippen LogP) is 3.59. The summed E-state index contributed by atoms with van der Waals surface area (Å²) in [6, 6.07) is 10.3. The molecule has 0 aliphatic heterocycles. The Morgan fingerprint density at radius 3 is 2.45 bits per heavy atom. The fourth-order valence-electron chi connectivity index (χ4n) is 2.50. The molecule has 0 radical (unpaired) electrons. The summed E-state index contributed by atoms with van der Waals surface area (Å²) >= 11 is 0. The van der Waals surface area contributed by atoms with Gasteiger partial charge in [0.25, 0.3) is 0 Å². The SMILES string of the molecule is CC(C)(C)C(=O)Nc1ccc2c(c1)C(=O)c1c(O)cccc1-2. The number of rotatable bonds is 1. The van der Waals surface area contributed by atoms with E-state index in [0.29, 0.717) is 16.8 Å². The molecule has 0 bridgehead atoms. The summed E-state index contributed by atoms with van der Waals surface area (Å²) in [7, 11) is 0. The summed E-state index contributed by atoms with van der Waals surface area (Å²) in [5.41, 5.74) is 2.42. The zero-order valence-corrected chi connectivity index (χ0v) is 12.7. The summed E-state index contributed by atoms with van der Waals surface area (Å²) in [6.07, 6.45) is 0. The molecule has 1 amide bonds. The van der Waals surface area contributed by atoms with Gasteiger partial charge in [0.05, 0.1) is 5.56 Å². The van der Waals surface area contributed by atoms with Crippen molar-refractivity contribution in [3.8, 4) is 16.9 Å². The Bertz CT molecular complexity index is 800. The third-order valence-electron chi connectivity index (χ3n) is 3.76. The summed E-state index contributed by atoms with van der Waals surface area (Å²) in [4.78, 5) is 24.5. The number of aromatic hydroxyl groups is 1. The topological polar surface area (TPSA) is 66.4 Å². The zero-order valence-electron chi connectivity index (χ0n) is 12.7. The van der Waals surface area contributed by atoms with E-state index in [0.717, 1.165) is 11.1 Å². The van der Waals surface area contributed by atoms with Crippen LogP contribution in [-0.2, 0) is 4.79 Å². The highest BCUT2D eigenvalue weighted by Gasteiger charge is 2.30. The van der Waals surface area contributed by atoms with E-state index in [1.54, 1.807) is 24.3 Å². The van der Waals surface area contributed by atoms with Crippen molar-refractivity contribution in [1.82, 2.24) is 0 Å². The van der Waals surface area contributed by atoms with E-state index < -0.39 is 5.41 Å². The average molecular weight is 295 g/mol. The van der Waals surface area contributed by atoms with E-state index >= 15 is 0 Å². The molecule has 2 aromatic carbocycles. The van der Waals surface area contributed by atoms with E-state index in [1.807, 2.05) is 26.8 Å². The number of amides is 1. The van der Waals surface area contributed by atoms with Crippen molar-refractivity contribution in [1.29, 1.82) is 0 Å². The van der Waals surface area contributed by atoms with Crippen molar-refractivity contribution in [3.05, 3.63) is 47.5 Å². The van der Waals surface area contributed by atoms with Gasteiger partial charge < -0.3 is 10.4 Å². The van der Waals surface area contributed by atoms with Gasteiger partial charge in [-0.3, -0.25) is 9.59 Å². The molecule has 22 heavy (non-hydrogen) atoms. The Balaban J connectivity index is 2.01. The Hall–Kier alpha value is -2.62. The summed E-state index contributed by atoms with van der Waals surface area (Å²) in [5.74, 6) is -0.341. The number of carbonyl (C=O) groups excluding carboxylic acids is 2. The molecule has 2 aromatic rings. The second kappa shape index (κ2) is 4.70. The molecule has 2 N–H and O–H groups in total. The molecule has 1 aliphatic carbocycles. The average Bonchev–Trinajstić information content (AvgIpc) is 2.72. The van der Waals surface area contributed by atoms with Crippen LogP contribution in [0.25, 0.3) is 11.1 Å². The third kappa shape index (κ3) is 2.17. The Morgan fingerprint density at radius 2 is 1.77 bits per heavy atom. The summed E-state index contributed by atoms with van der Waals surface area (Å²) < 4.78 is 0. The fourth-order valence-corrected chi connectivity index (χ4v) is 2.50. The Labute approximate surface area is 128 Å². The van der Waals surface area contributed by atoms with Crippen molar-refractivity contribution < 1.29 is 14.7 Å². The van der Waals surface area contributed by atoms with E-state index in [2.05, 4.69) is 5.32 Å². The van der Waals surface area contributed by atoms with Crippen molar-refractivity contribution in [3.63, 3.8) is 0 Å². The highest BCUT2D eigenvalue weighted by molar-refractivity contribution is 6.23. The van der Waals surface area contributed by atoms with Gasteiger partial charge in [-0.2, -0.15) is 0 Å². The highest BCUT2D eigenvalue weighted by Crippen LogP contribution is 2.41. The second-order valence-electron chi connectivity index (χ2n) is 6.49. The molecule has 0 heterocycles. The number of ketones is 1. The molecule has 0 aromatic heterocycles. The van der Waals surface area contributed by atoms with Gasteiger partial charge in [-0.05, 0) is 29.3 Å². The minimum absolute atomic E-state index is 0.0148. The smallest absolute Gasteiger partial charge is 0.229 e. The van der Waals surface area contributed by atoms with Crippen LogP contribution in [0.15, 0.2) is 36.4 Å². The normalized spacial score (nSPS) is 12.8. The second-order valence-corrected chi connectivity index (χ2v) is 6.49. The van der Waals surface area contributed by atoms with E-state index in [9.17, 15) is 14.7 Å². The van der Waals surface area contributed by atoms with Gasteiger partial charge in [-0.25, -0.2) is 0 Å². The number of fused-ring (bicyclic) bond motifs is 3. The van der Waals surface area contributed by atoms with Crippen molar-refractivity contribution in [2.75, 3.05) is 5.32 Å². The summed E-state index contributed by atoms with van der Waals surface area (Å²) in [5, 5.41) is 12.7. The lowest BCUT2D eigenvalue weighted by Crippen LogP contribution is -2.27. The number of carbonyl (C=O) groups is 2. The van der Waals surface area contributed by atoms with Crippen molar-refractivity contribution in [2.24, 2.45) is 5.41 Å². The maximum Gasteiger partial charge on any atom is 0.229 e. The first kappa shape index (κ1) is 14.3. The minimum Gasteiger partial charge on any atom is -0.507 e. The van der Waals surface area contributed by atoms with Crippen LogP contribution in [-0.4, -0.2) is 16.8 Å². The lowest BCUT2D eigenvalue weighted by atomic mass is 9.95. The van der Waals surface area contributed by atoms with Gasteiger partial charge in [0, 0.05) is 16.7 Å². The van der Waals surface area contributed by atoms with Crippen LogP contribution in [0.1, 0.15) is 36.7 Å². The van der Waals surface area contributed by atoms with Crippen LogP contribution in [0.5, 0.6) is 5.75 Å². The molecular formula is C18H17NO3. The van der Waals surface area contributed by atoms with Gasteiger partial charge in [-0.15, -0.1) is 0 Å². The number of phenols is 1. The highest BCUT2D eigenvalue weighted by atomic mass is 16.3. The van der Waals surface area contributed by atoms with E-state index in [-0.39, 0.29) is 17.4 Å². The monoisotopic (exact) mass is 295 g/mol. The first-order chi connectivity index (χ1) is 10.3. The first-order valence-corrected chi connectivity index (χ1v) is 7.11. The maximum absolute atomic E-state index is 12.5. The maximum atomic E-state index is 12.5. The molecule has 112 valence electrons. The van der Waals surface area contributed by atoms with Crippen molar-refractivity contribution >= 4 is 17.4 Å². The van der Waals surface area contributed by atoms with Gasteiger partial charge in [0.1, 0.15) is 5.75 Å². The zero-order chi connectivity index (χ0) is 16.1. The molecule has 4 nitrogen and oxygen atoms in total. The van der Waals surface area contributed by atoms with Gasteiger partial charge in [0.2, 0.25) is 5.91 Å². The fraction of sp³-hybridized carbons (Fsp3) is 0.222. The number of nitrogens with one attached hydrogen (secondary N) is 1. The van der Waals surface area contributed by atoms with Crippen molar-refractivity contribution in [2.45, 2.75) is 20.8 Å².